The van der Waals surface area contributed by atoms with Crippen LogP contribution in [0, 0.1) is 5.92 Å². The van der Waals surface area contributed by atoms with Gasteiger partial charge in [0.15, 0.2) is 0 Å². The fourth-order valence-corrected chi connectivity index (χ4v) is 2.10. The molecule has 12 heavy (non-hydrogen) atoms. The molecule has 2 bridgehead atoms. The van der Waals surface area contributed by atoms with Crippen LogP contribution in [-0.4, -0.2) is 35.4 Å². The lowest BCUT2D eigenvalue weighted by Crippen LogP contribution is -2.44. The number of hydrogen-bond donors (Lipinski definition) is 2. The highest BCUT2D eigenvalue weighted by Crippen LogP contribution is 2.31. The molecular weight excluding hydrogens is 180 g/mol. The molecule has 2 aliphatic heterocycles. The van der Waals surface area contributed by atoms with Crippen molar-refractivity contribution in [2.75, 3.05) is 13.1 Å². The molecule has 5 heteroatoms. The molecule has 0 spiro atoms. The first-order valence-corrected chi connectivity index (χ1v) is 3.99. The van der Waals surface area contributed by atoms with Crippen LogP contribution in [0.5, 0.6) is 0 Å². The van der Waals surface area contributed by atoms with Gasteiger partial charge in [-0.15, -0.1) is 12.4 Å². The number of rotatable bonds is 1. The van der Waals surface area contributed by atoms with Crippen molar-refractivity contribution in [2.24, 2.45) is 5.92 Å². The Morgan fingerprint density at radius 1 is 1.58 bits per heavy atom. The number of carboxylic acid groups (broad SMARTS) is 1. The van der Waals surface area contributed by atoms with Gasteiger partial charge in [-0.2, -0.15) is 0 Å². The van der Waals surface area contributed by atoms with E-state index in [0.717, 1.165) is 25.4 Å². The molecule has 0 aromatic heterocycles. The SMILES string of the molecule is Cl.O=C(O)NC1CC2CCN1C2. The predicted molar refractivity (Wildman–Crippen MR) is 46.5 cm³/mol. The second kappa shape index (κ2) is 3.49. The molecule has 2 aliphatic rings. The summed E-state index contributed by atoms with van der Waals surface area (Å²) in [5.74, 6) is 0.742. The maximum atomic E-state index is 10.3. The van der Waals surface area contributed by atoms with Gasteiger partial charge >= 0.3 is 6.09 Å². The molecule has 2 heterocycles. The number of nitrogens with zero attached hydrogens (tertiary/aromatic N) is 1. The van der Waals surface area contributed by atoms with E-state index in [4.69, 9.17) is 5.11 Å². The lowest BCUT2D eigenvalue weighted by Gasteiger charge is -2.23. The Morgan fingerprint density at radius 2 is 2.33 bits per heavy atom. The minimum Gasteiger partial charge on any atom is -0.465 e. The van der Waals surface area contributed by atoms with Crippen molar-refractivity contribution in [1.29, 1.82) is 0 Å². The molecule has 2 saturated heterocycles. The Balaban J connectivity index is 0.000000720. The van der Waals surface area contributed by atoms with Gasteiger partial charge in [0.1, 0.15) is 0 Å². The first kappa shape index (κ1) is 9.61. The Hall–Kier alpha value is -0.480. The zero-order valence-electron chi connectivity index (χ0n) is 6.69. The number of carbonyl (C=O) groups is 1. The Kier molecular flexibility index (Phi) is 2.80. The van der Waals surface area contributed by atoms with Gasteiger partial charge in [0.25, 0.3) is 0 Å². The van der Waals surface area contributed by atoms with Crippen LogP contribution in [0.4, 0.5) is 4.79 Å². The molecule has 70 valence electrons. The summed E-state index contributed by atoms with van der Waals surface area (Å²) >= 11 is 0. The highest BCUT2D eigenvalue weighted by Gasteiger charge is 2.37. The monoisotopic (exact) mass is 192 g/mol. The van der Waals surface area contributed by atoms with Gasteiger partial charge < -0.3 is 10.4 Å². The molecular formula is C7H13ClN2O2. The van der Waals surface area contributed by atoms with E-state index in [0.29, 0.717) is 0 Å². The summed E-state index contributed by atoms with van der Waals surface area (Å²) in [6, 6.07) is 0. The van der Waals surface area contributed by atoms with Crippen LogP contribution in [0.3, 0.4) is 0 Å². The molecule has 1 amide bonds. The van der Waals surface area contributed by atoms with Crippen molar-refractivity contribution in [1.82, 2.24) is 10.2 Å². The number of amides is 1. The van der Waals surface area contributed by atoms with E-state index in [-0.39, 0.29) is 18.6 Å². The van der Waals surface area contributed by atoms with E-state index in [1.165, 1.54) is 6.42 Å². The predicted octanol–water partition coefficient (Wildman–Crippen LogP) is 0.728. The number of halogens is 1. The van der Waals surface area contributed by atoms with E-state index in [1.807, 2.05) is 0 Å². The maximum absolute atomic E-state index is 10.3. The van der Waals surface area contributed by atoms with Gasteiger partial charge in [-0.25, -0.2) is 4.79 Å². The van der Waals surface area contributed by atoms with Gasteiger partial charge in [0.05, 0.1) is 6.17 Å². The quantitative estimate of drug-likeness (QED) is 0.644. The van der Waals surface area contributed by atoms with Crippen molar-refractivity contribution in [3.8, 4) is 0 Å². The smallest absolute Gasteiger partial charge is 0.405 e. The number of nitrogens with one attached hydrogen (secondary N) is 1. The zero-order valence-corrected chi connectivity index (χ0v) is 7.51. The van der Waals surface area contributed by atoms with E-state index < -0.39 is 6.09 Å². The van der Waals surface area contributed by atoms with Crippen molar-refractivity contribution < 1.29 is 9.90 Å². The fraction of sp³-hybridized carbons (Fsp3) is 0.857. The maximum Gasteiger partial charge on any atom is 0.405 e. The highest BCUT2D eigenvalue weighted by molar-refractivity contribution is 5.85. The minimum absolute atomic E-state index is 0. The molecule has 3 unspecified atom stereocenters. The second-order valence-electron chi connectivity index (χ2n) is 3.35. The number of hydrogen-bond acceptors (Lipinski definition) is 2. The fourth-order valence-electron chi connectivity index (χ4n) is 2.10. The Labute approximate surface area is 77.3 Å². The molecule has 2 fully saturated rings. The van der Waals surface area contributed by atoms with Crippen molar-refractivity contribution in [3.05, 3.63) is 0 Å². The van der Waals surface area contributed by atoms with Crippen LogP contribution in [0.15, 0.2) is 0 Å². The summed E-state index contributed by atoms with van der Waals surface area (Å²) in [5.41, 5.74) is 0. The van der Waals surface area contributed by atoms with Crippen molar-refractivity contribution in [2.45, 2.75) is 19.0 Å². The van der Waals surface area contributed by atoms with Crippen LogP contribution in [0.25, 0.3) is 0 Å². The molecule has 0 aromatic carbocycles. The summed E-state index contributed by atoms with van der Waals surface area (Å²) in [4.78, 5) is 12.5. The molecule has 3 atom stereocenters. The van der Waals surface area contributed by atoms with Crippen molar-refractivity contribution >= 4 is 18.5 Å². The second-order valence-corrected chi connectivity index (χ2v) is 3.35. The van der Waals surface area contributed by atoms with Crippen LogP contribution in [0.1, 0.15) is 12.8 Å². The van der Waals surface area contributed by atoms with E-state index in [1.54, 1.807) is 0 Å². The van der Waals surface area contributed by atoms with Crippen LogP contribution in [-0.2, 0) is 0 Å². The standard InChI is InChI=1S/C7H12N2O2.ClH/c10-7(11)8-6-3-5-1-2-9(6)4-5;/h5-6,8H,1-4H2,(H,10,11);1H. The Bertz CT molecular complexity index is 188. The Morgan fingerprint density at radius 3 is 2.75 bits per heavy atom. The molecule has 2 rings (SSSR count). The average molecular weight is 193 g/mol. The van der Waals surface area contributed by atoms with Crippen molar-refractivity contribution in [3.63, 3.8) is 0 Å². The average Bonchev–Trinajstić information content (AvgIpc) is 2.45. The topological polar surface area (TPSA) is 52.6 Å². The molecule has 0 aliphatic carbocycles. The zero-order chi connectivity index (χ0) is 7.84. The summed E-state index contributed by atoms with van der Waals surface area (Å²) in [6.45, 7) is 2.15. The molecule has 0 radical (unpaired) electrons. The van der Waals surface area contributed by atoms with Gasteiger partial charge in [0.2, 0.25) is 0 Å². The van der Waals surface area contributed by atoms with E-state index in [2.05, 4.69) is 10.2 Å². The normalized spacial score (nSPS) is 37.5. The molecule has 0 saturated carbocycles. The van der Waals surface area contributed by atoms with Gasteiger partial charge in [-0.05, 0) is 18.8 Å². The molecule has 2 N–H and O–H groups in total. The highest BCUT2D eigenvalue weighted by atomic mass is 35.5. The van der Waals surface area contributed by atoms with Crippen LogP contribution < -0.4 is 5.32 Å². The van der Waals surface area contributed by atoms with Crippen LogP contribution >= 0.6 is 12.4 Å². The minimum atomic E-state index is -0.900. The van der Waals surface area contributed by atoms with Gasteiger partial charge in [-0.1, -0.05) is 0 Å². The lowest BCUT2D eigenvalue weighted by molar-refractivity contribution is 0.164. The largest absolute Gasteiger partial charge is 0.465 e. The van der Waals surface area contributed by atoms with E-state index in [9.17, 15) is 4.79 Å². The third-order valence-electron chi connectivity index (χ3n) is 2.60. The molecule has 4 nitrogen and oxygen atoms in total. The van der Waals surface area contributed by atoms with E-state index >= 15 is 0 Å². The first-order chi connectivity index (χ1) is 5.25. The van der Waals surface area contributed by atoms with Gasteiger partial charge in [0, 0.05) is 13.1 Å². The number of piperidine rings is 1. The third-order valence-corrected chi connectivity index (χ3v) is 2.60. The molecule has 0 aromatic rings. The summed E-state index contributed by atoms with van der Waals surface area (Å²) in [6.07, 6.45) is 1.46. The van der Waals surface area contributed by atoms with Gasteiger partial charge in [-0.3, -0.25) is 4.90 Å². The first-order valence-electron chi connectivity index (χ1n) is 3.99. The van der Waals surface area contributed by atoms with Crippen LogP contribution in [0.2, 0.25) is 0 Å². The summed E-state index contributed by atoms with van der Waals surface area (Å²) < 4.78 is 0. The third kappa shape index (κ3) is 1.64. The number of fused-ring (bicyclic) bond motifs is 2. The summed E-state index contributed by atoms with van der Waals surface area (Å²) in [5, 5.41) is 11.0. The summed E-state index contributed by atoms with van der Waals surface area (Å²) in [7, 11) is 0. The lowest BCUT2D eigenvalue weighted by atomic mass is 10.0.